The Labute approximate surface area is 194 Å². The van der Waals surface area contributed by atoms with Gasteiger partial charge in [0.05, 0.1) is 7.11 Å². The van der Waals surface area contributed by atoms with Crippen LogP contribution in [-0.4, -0.2) is 44.7 Å². The SMILES string of the molecule is COc1ccc(C(=O)N(C)Cc2ccccc2Cl)cc1S(=O)(=O)N(C)Cc1ccccc1. The van der Waals surface area contributed by atoms with E-state index in [0.717, 1.165) is 11.1 Å². The first kappa shape index (κ1) is 23.8. The van der Waals surface area contributed by atoms with Crippen molar-refractivity contribution in [1.29, 1.82) is 0 Å². The summed E-state index contributed by atoms with van der Waals surface area (Å²) in [5.41, 5.74) is 1.89. The highest BCUT2D eigenvalue weighted by molar-refractivity contribution is 7.89. The Morgan fingerprint density at radius 3 is 2.25 bits per heavy atom. The van der Waals surface area contributed by atoms with Gasteiger partial charge in [0.2, 0.25) is 10.0 Å². The van der Waals surface area contributed by atoms with Crippen LogP contribution in [0.5, 0.6) is 5.75 Å². The second kappa shape index (κ2) is 10.2. The third-order valence-electron chi connectivity index (χ3n) is 5.06. The fourth-order valence-electron chi connectivity index (χ4n) is 3.28. The van der Waals surface area contributed by atoms with E-state index in [1.54, 1.807) is 19.2 Å². The molecule has 0 saturated carbocycles. The van der Waals surface area contributed by atoms with Crippen LogP contribution in [-0.2, 0) is 23.1 Å². The lowest BCUT2D eigenvalue weighted by molar-refractivity contribution is 0.0785. The summed E-state index contributed by atoms with van der Waals surface area (Å²) in [5.74, 6) is -0.148. The van der Waals surface area contributed by atoms with E-state index in [1.165, 1.54) is 35.5 Å². The number of halogens is 1. The van der Waals surface area contributed by atoms with Crippen molar-refractivity contribution in [2.24, 2.45) is 0 Å². The highest BCUT2D eigenvalue weighted by Crippen LogP contribution is 2.29. The lowest BCUT2D eigenvalue weighted by atomic mass is 10.1. The summed E-state index contributed by atoms with van der Waals surface area (Å²) in [6, 6.07) is 21.0. The van der Waals surface area contributed by atoms with Gasteiger partial charge in [-0.2, -0.15) is 4.31 Å². The van der Waals surface area contributed by atoms with Crippen LogP contribution in [0.15, 0.2) is 77.7 Å². The van der Waals surface area contributed by atoms with Gasteiger partial charge in [-0.15, -0.1) is 0 Å². The lowest BCUT2D eigenvalue weighted by Crippen LogP contribution is -2.29. The number of amides is 1. The highest BCUT2D eigenvalue weighted by atomic mass is 35.5. The minimum Gasteiger partial charge on any atom is -0.495 e. The molecule has 3 aromatic carbocycles. The topological polar surface area (TPSA) is 66.9 Å². The molecule has 0 fully saturated rings. The van der Waals surface area contributed by atoms with Crippen molar-refractivity contribution >= 4 is 27.5 Å². The number of hydrogen-bond acceptors (Lipinski definition) is 4. The molecule has 32 heavy (non-hydrogen) atoms. The number of carbonyl (C=O) groups excluding carboxylic acids is 1. The third kappa shape index (κ3) is 5.30. The minimum atomic E-state index is -3.91. The largest absolute Gasteiger partial charge is 0.495 e. The number of rotatable bonds is 8. The summed E-state index contributed by atoms with van der Waals surface area (Å²) in [4.78, 5) is 14.5. The molecule has 168 valence electrons. The zero-order valence-electron chi connectivity index (χ0n) is 18.2. The zero-order valence-corrected chi connectivity index (χ0v) is 19.7. The first-order chi connectivity index (χ1) is 15.2. The van der Waals surface area contributed by atoms with E-state index >= 15 is 0 Å². The highest BCUT2D eigenvalue weighted by Gasteiger charge is 2.27. The van der Waals surface area contributed by atoms with Crippen LogP contribution in [0.4, 0.5) is 0 Å². The van der Waals surface area contributed by atoms with Crippen molar-refractivity contribution in [2.45, 2.75) is 18.0 Å². The van der Waals surface area contributed by atoms with Crippen molar-refractivity contribution in [3.63, 3.8) is 0 Å². The number of benzene rings is 3. The Morgan fingerprint density at radius 2 is 1.59 bits per heavy atom. The first-order valence-corrected chi connectivity index (χ1v) is 11.7. The van der Waals surface area contributed by atoms with E-state index in [-0.39, 0.29) is 28.7 Å². The second-order valence-electron chi connectivity index (χ2n) is 7.36. The van der Waals surface area contributed by atoms with Crippen LogP contribution in [0.2, 0.25) is 5.02 Å². The van der Waals surface area contributed by atoms with Crippen LogP contribution >= 0.6 is 11.6 Å². The molecule has 0 radical (unpaired) electrons. The maximum absolute atomic E-state index is 13.3. The average molecular weight is 473 g/mol. The van der Waals surface area contributed by atoms with Crippen LogP contribution in [0.25, 0.3) is 0 Å². The molecular formula is C24H25ClN2O4S. The van der Waals surface area contributed by atoms with Crippen LogP contribution in [0, 0.1) is 0 Å². The number of methoxy groups -OCH3 is 1. The van der Waals surface area contributed by atoms with Crippen molar-refractivity contribution in [3.05, 3.63) is 94.5 Å². The smallest absolute Gasteiger partial charge is 0.253 e. The van der Waals surface area contributed by atoms with E-state index in [2.05, 4.69) is 0 Å². The molecule has 0 bridgehead atoms. The Balaban J connectivity index is 1.89. The zero-order chi connectivity index (χ0) is 23.3. The summed E-state index contributed by atoms with van der Waals surface area (Å²) in [5, 5.41) is 0.563. The molecule has 0 aromatic heterocycles. The Hall–Kier alpha value is -2.87. The molecule has 0 aliphatic carbocycles. The fourth-order valence-corrected chi connectivity index (χ4v) is 4.81. The molecule has 0 spiro atoms. The van der Waals surface area contributed by atoms with Gasteiger partial charge in [0.25, 0.3) is 5.91 Å². The molecule has 0 N–H and O–H groups in total. The number of ether oxygens (including phenoxy) is 1. The van der Waals surface area contributed by atoms with Gasteiger partial charge < -0.3 is 9.64 Å². The molecule has 8 heteroatoms. The predicted molar refractivity (Wildman–Crippen MR) is 125 cm³/mol. The number of nitrogens with zero attached hydrogens (tertiary/aromatic N) is 2. The average Bonchev–Trinajstić information content (AvgIpc) is 2.80. The van der Waals surface area contributed by atoms with Gasteiger partial charge in [-0.1, -0.05) is 60.1 Å². The van der Waals surface area contributed by atoms with Gasteiger partial charge in [-0.05, 0) is 35.4 Å². The van der Waals surface area contributed by atoms with Crippen molar-refractivity contribution in [1.82, 2.24) is 9.21 Å². The van der Waals surface area contributed by atoms with Gasteiger partial charge >= 0.3 is 0 Å². The standard InChI is InChI=1S/C24H25ClN2O4S/c1-26(17-20-11-7-8-12-21(20)25)24(28)19-13-14-22(31-3)23(15-19)32(29,30)27(2)16-18-9-5-4-6-10-18/h4-15H,16-17H2,1-3H3. The first-order valence-electron chi connectivity index (χ1n) is 9.91. The molecular weight excluding hydrogens is 448 g/mol. The second-order valence-corrected chi connectivity index (χ2v) is 9.79. The molecule has 0 aliphatic heterocycles. The Bertz CT molecular complexity index is 1200. The normalized spacial score (nSPS) is 11.4. The number of carbonyl (C=O) groups is 1. The van der Waals surface area contributed by atoms with Gasteiger partial charge in [-0.3, -0.25) is 4.79 Å². The molecule has 1 amide bonds. The summed E-state index contributed by atoms with van der Waals surface area (Å²) in [6.45, 7) is 0.484. The Morgan fingerprint density at radius 1 is 0.938 bits per heavy atom. The van der Waals surface area contributed by atoms with Crippen LogP contribution in [0.1, 0.15) is 21.5 Å². The molecule has 0 atom stereocenters. The van der Waals surface area contributed by atoms with E-state index in [9.17, 15) is 13.2 Å². The minimum absolute atomic E-state index is 0.0598. The molecule has 0 heterocycles. The molecule has 0 aliphatic rings. The summed E-state index contributed by atoms with van der Waals surface area (Å²) in [6.07, 6.45) is 0. The van der Waals surface area contributed by atoms with E-state index < -0.39 is 10.0 Å². The molecule has 3 aromatic rings. The monoisotopic (exact) mass is 472 g/mol. The van der Waals surface area contributed by atoms with E-state index in [1.807, 2.05) is 48.5 Å². The van der Waals surface area contributed by atoms with E-state index in [4.69, 9.17) is 16.3 Å². The maximum Gasteiger partial charge on any atom is 0.253 e. The van der Waals surface area contributed by atoms with Crippen LogP contribution in [0.3, 0.4) is 0 Å². The number of sulfonamides is 1. The third-order valence-corrected chi connectivity index (χ3v) is 7.25. The predicted octanol–water partition coefficient (Wildman–Crippen LogP) is 4.44. The number of hydrogen-bond donors (Lipinski definition) is 0. The van der Waals surface area contributed by atoms with Gasteiger partial charge in [-0.25, -0.2) is 8.42 Å². The Kier molecular flexibility index (Phi) is 7.56. The van der Waals surface area contributed by atoms with Crippen molar-refractivity contribution < 1.29 is 17.9 Å². The molecule has 6 nitrogen and oxygen atoms in total. The van der Waals surface area contributed by atoms with Crippen LogP contribution < -0.4 is 4.74 Å². The fraction of sp³-hybridized carbons (Fsp3) is 0.208. The maximum atomic E-state index is 13.3. The summed E-state index contributed by atoms with van der Waals surface area (Å²) in [7, 11) is 0.633. The molecule has 3 rings (SSSR count). The molecule has 0 saturated heterocycles. The van der Waals surface area contributed by atoms with Gasteiger partial charge in [0.15, 0.2) is 0 Å². The van der Waals surface area contributed by atoms with Gasteiger partial charge in [0, 0.05) is 37.8 Å². The van der Waals surface area contributed by atoms with Crippen molar-refractivity contribution in [2.75, 3.05) is 21.2 Å². The van der Waals surface area contributed by atoms with Gasteiger partial charge in [0.1, 0.15) is 10.6 Å². The summed E-state index contributed by atoms with van der Waals surface area (Å²) < 4.78 is 33.1. The van der Waals surface area contributed by atoms with Crippen molar-refractivity contribution in [3.8, 4) is 5.75 Å². The quantitative estimate of drug-likeness (QED) is 0.486. The summed E-state index contributed by atoms with van der Waals surface area (Å²) >= 11 is 6.21. The molecule has 0 unspecified atom stereocenters. The lowest BCUT2D eigenvalue weighted by Gasteiger charge is -2.21. The van der Waals surface area contributed by atoms with E-state index in [0.29, 0.717) is 11.6 Å².